The van der Waals surface area contributed by atoms with Gasteiger partial charge < -0.3 is 29.4 Å². The number of nitrogens with one attached hydrogen (secondary N) is 1. The molecule has 0 spiro atoms. The molecule has 14 heteroatoms. The standard InChI is InChI=1S/C18H24N4O10/c1-7(23)22(12-15(19)20-18(28-5)21-16(12)27)17-14(32-10(4)26)13(31-9(3)25)11(6-29-17)30-8(2)24/h11,13-14,17H,6H2,1-5H3,(H3,19,20,21,27)/t11-,13+,14-,17+/m0/s1. The maximum Gasteiger partial charge on any atom is 0.303 e. The summed E-state index contributed by atoms with van der Waals surface area (Å²) >= 11 is 0. The molecule has 1 fully saturated rings. The van der Waals surface area contributed by atoms with Crippen LogP contribution in [0.5, 0.6) is 6.01 Å². The lowest BCUT2D eigenvalue weighted by atomic mass is 10.0. The third kappa shape index (κ3) is 5.51. The van der Waals surface area contributed by atoms with Crippen LogP contribution < -0.4 is 20.9 Å². The summed E-state index contributed by atoms with van der Waals surface area (Å²) in [5, 5.41) is 0. The third-order valence-electron chi connectivity index (χ3n) is 4.25. The number of nitrogens with zero attached hydrogens (tertiary/aromatic N) is 2. The van der Waals surface area contributed by atoms with E-state index in [4.69, 9.17) is 29.4 Å². The second-order valence-electron chi connectivity index (χ2n) is 6.72. The lowest BCUT2D eigenvalue weighted by Gasteiger charge is -2.44. The highest BCUT2D eigenvalue weighted by atomic mass is 16.6. The van der Waals surface area contributed by atoms with Crippen LogP contribution in [-0.2, 0) is 38.1 Å². The van der Waals surface area contributed by atoms with E-state index in [-0.39, 0.29) is 18.4 Å². The van der Waals surface area contributed by atoms with Gasteiger partial charge in [0.25, 0.3) is 11.6 Å². The number of carbonyl (C=O) groups excluding carboxylic acids is 4. The van der Waals surface area contributed by atoms with Gasteiger partial charge in [-0.2, -0.15) is 4.98 Å². The summed E-state index contributed by atoms with van der Waals surface area (Å²) in [4.78, 5) is 67.2. The summed E-state index contributed by atoms with van der Waals surface area (Å²) in [5.41, 5.74) is 4.62. The summed E-state index contributed by atoms with van der Waals surface area (Å²) in [5.74, 6) is -3.41. The number of carbonyl (C=O) groups is 4. The Labute approximate surface area is 181 Å². The number of rotatable bonds is 6. The number of nitrogens with two attached hydrogens (primary N) is 1. The summed E-state index contributed by atoms with van der Waals surface area (Å²) in [7, 11) is 1.25. The molecule has 3 N–H and O–H groups in total. The van der Waals surface area contributed by atoms with E-state index in [1.165, 1.54) is 7.11 Å². The average Bonchev–Trinajstić information content (AvgIpc) is 2.66. The van der Waals surface area contributed by atoms with Crippen LogP contribution in [0.25, 0.3) is 0 Å². The van der Waals surface area contributed by atoms with Gasteiger partial charge in [-0.1, -0.05) is 0 Å². The fourth-order valence-corrected chi connectivity index (χ4v) is 3.20. The Kier molecular flexibility index (Phi) is 7.75. The monoisotopic (exact) mass is 456 g/mol. The molecule has 1 saturated heterocycles. The Balaban J connectivity index is 2.61. The van der Waals surface area contributed by atoms with E-state index >= 15 is 0 Å². The molecule has 0 aromatic carbocycles. The van der Waals surface area contributed by atoms with Gasteiger partial charge in [-0.15, -0.1) is 0 Å². The van der Waals surface area contributed by atoms with E-state index in [9.17, 15) is 24.0 Å². The van der Waals surface area contributed by atoms with Crippen LogP contribution in [0.4, 0.5) is 11.5 Å². The number of methoxy groups -OCH3 is 1. The fraction of sp³-hybridized carbons (Fsp3) is 0.556. The number of aromatic nitrogens is 2. The zero-order chi connectivity index (χ0) is 24.2. The number of nitrogen functional groups attached to an aromatic ring is 1. The molecule has 0 saturated carbocycles. The van der Waals surface area contributed by atoms with E-state index in [1.807, 2.05) is 0 Å². The van der Waals surface area contributed by atoms with Crippen LogP contribution in [0, 0.1) is 0 Å². The topological polar surface area (TPSA) is 189 Å². The number of aromatic amines is 1. The van der Waals surface area contributed by atoms with E-state index in [0.29, 0.717) is 0 Å². The van der Waals surface area contributed by atoms with Crippen molar-refractivity contribution in [2.45, 2.75) is 52.2 Å². The second-order valence-corrected chi connectivity index (χ2v) is 6.72. The molecule has 176 valence electrons. The van der Waals surface area contributed by atoms with Crippen LogP contribution in [0.3, 0.4) is 0 Å². The van der Waals surface area contributed by atoms with Gasteiger partial charge in [0.15, 0.2) is 36.0 Å². The van der Waals surface area contributed by atoms with Crippen LogP contribution in [0.2, 0.25) is 0 Å². The van der Waals surface area contributed by atoms with Crippen molar-refractivity contribution in [1.82, 2.24) is 9.97 Å². The lowest BCUT2D eigenvalue weighted by molar-refractivity contribution is -0.225. The first-order valence-corrected chi connectivity index (χ1v) is 9.33. The van der Waals surface area contributed by atoms with Gasteiger partial charge in [-0.3, -0.25) is 33.9 Å². The smallest absolute Gasteiger partial charge is 0.303 e. The van der Waals surface area contributed by atoms with Gasteiger partial charge in [0.05, 0.1) is 13.7 Å². The summed E-state index contributed by atoms with van der Waals surface area (Å²) in [6.07, 6.45) is -5.48. The molecule has 32 heavy (non-hydrogen) atoms. The van der Waals surface area contributed by atoms with Crippen LogP contribution in [0.15, 0.2) is 4.79 Å². The molecule has 0 aliphatic carbocycles. The SMILES string of the molecule is COc1nc(N)c(N(C(C)=O)[C@@H]2OC[C@H](OC(C)=O)[C@@H](OC(C)=O)[C@@H]2OC(C)=O)c(=O)[nH]1. The highest BCUT2D eigenvalue weighted by molar-refractivity contribution is 5.94. The number of H-pyrrole nitrogens is 1. The number of hydrogen-bond acceptors (Lipinski definition) is 12. The van der Waals surface area contributed by atoms with Crippen molar-refractivity contribution in [3.05, 3.63) is 10.4 Å². The first kappa shape index (κ1) is 24.6. The van der Waals surface area contributed by atoms with Crippen molar-refractivity contribution in [2.24, 2.45) is 0 Å². The van der Waals surface area contributed by atoms with Crippen LogP contribution in [-0.4, -0.2) is 72.0 Å². The largest absolute Gasteiger partial charge is 0.468 e. The Hall–Kier alpha value is -3.68. The Bertz CT molecular complexity index is 962. The molecule has 2 rings (SSSR count). The van der Waals surface area contributed by atoms with Crippen LogP contribution >= 0.6 is 0 Å². The molecule has 0 radical (unpaired) electrons. The quantitative estimate of drug-likeness (QED) is 0.387. The first-order chi connectivity index (χ1) is 15.0. The normalized spacial score (nSPS) is 22.4. The molecular formula is C18H24N4O10. The zero-order valence-corrected chi connectivity index (χ0v) is 18.1. The second kappa shape index (κ2) is 10.1. The minimum atomic E-state index is -1.49. The predicted molar refractivity (Wildman–Crippen MR) is 105 cm³/mol. The molecule has 0 bridgehead atoms. The summed E-state index contributed by atoms with van der Waals surface area (Å²) in [6, 6.07) is -0.200. The molecule has 4 atom stereocenters. The Morgan fingerprint density at radius 2 is 1.59 bits per heavy atom. The van der Waals surface area contributed by atoms with Crippen molar-refractivity contribution in [1.29, 1.82) is 0 Å². The minimum Gasteiger partial charge on any atom is -0.468 e. The van der Waals surface area contributed by atoms with E-state index in [1.54, 1.807) is 0 Å². The van der Waals surface area contributed by atoms with Crippen molar-refractivity contribution in [2.75, 3.05) is 24.4 Å². The molecule has 1 aliphatic rings. The van der Waals surface area contributed by atoms with Gasteiger partial charge >= 0.3 is 17.9 Å². The highest BCUT2D eigenvalue weighted by Crippen LogP contribution is 2.30. The molecule has 1 aromatic heterocycles. The molecular weight excluding hydrogens is 432 g/mol. The van der Waals surface area contributed by atoms with Gasteiger partial charge in [0, 0.05) is 27.7 Å². The highest BCUT2D eigenvalue weighted by Gasteiger charge is 2.50. The first-order valence-electron chi connectivity index (χ1n) is 9.33. The molecule has 1 aromatic rings. The van der Waals surface area contributed by atoms with E-state index < -0.39 is 59.6 Å². The van der Waals surface area contributed by atoms with Gasteiger partial charge in [0.1, 0.15) is 0 Å². The summed E-state index contributed by atoms with van der Waals surface area (Å²) in [6.45, 7) is 4.05. The maximum atomic E-state index is 12.6. The minimum absolute atomic E-state index is 0.200. The lowest BCUT2D eigenvalue weighted by Crippen LogP contribution is -2.63. The van der Waals surface area contributed by atoms with E-state index in [0.717, 1.165) is 32.6 Å². The molecule has 1 amide bonds. The molecule has 2 heterocycles. The van der Waals surface area contributed by atoms with Gasteiger partial charge in [-0.05, 0) is 0 Å². The number of hydrogen-bond donors (Lipinski definition) is 2. The summed E-state index contributed by atoms with van der Waals surface area (Å²) < 4.78 is 26.2. The number of ether oxygens (including phenoxy) is 5. The number of amides is 1. The predicted octanol–water partition coefficient (Wildman–Crippen LogP) is -1.13. The van der Waals surface area contributed by atoms with Crippen molar-refractivity contribution >= 4 is 35.3 Å². The third-order valence-corrected chi connectivity index (χ3v) is 4.25. The number of anilines is 2. The Morgan fingerprint density at radius 3 is 2.06 bits per heavy atom. The van der Waals surface area contributed by atoms with Gasteiger partial charge in [-0.25, -0.2) is 0 Å². The average molecular weight is 456 g/mol. The maximum absolute atomic E-state index is 12.6. The van der Waals surface area contributed by atoms with Crippen molar-refractivity contribution < 1.29 is 42.9 Å². The molecule has 14 nitrogen and oxygen atoms in total. The molecule has 0 unspecified atom stereocenters. The van der Waals surface area contributed by atoms with Crippen molar-refractivity contribution in [3.8, 4) is 6.01 Å². The van der Waals surface area contributed by atoms with E-state index in [2.05, 4.69) is 9.97 Å². The zero-order valence-electron chi connectivity index (χ0n) is 18.1. The fourth-order valence-electron chi connectivity index (χ4n) is 3.20. The van der Waals surface area contributed by atoms with Gasteiger partial charge in [0.2, 0.25) is 5.91 Å². The number of esters is 3. The molecule has 1 aliphatic heterocycles. The van der Waals surface area contributed by atoms with Crippen LogP contribution in [0.1, 0.15) is 27.7 Å². The van der Waals surface area contributed by atoms with Crippen molar-refractivity contribution in [3.63, 3.8) is 0 Å². The Morgan fingerprint density at radius 1 is 1.03 bits per heavy atom.